The third-order valence-corrected chi connectivity index (χ3v) is 15.3. The van der Waals surface area contributed by atoms with Crippen LogP contribution in [0.15, 0.2) is 132 Å². The summed E-state index contributed by atoms with van der Waals surface area (Å²) in [5.74, 6) is 0.0572. The van der Waals surface area contributed by atoms with Crippen LogP contribution >= 0.6 is 11.3 Å². The van der Waals surface area contributed by atoms with Gasteiger partial charge in [0.25, 0.3) is 19.8 Å². The number of thiophene rings is 1. The number of fused-ring (bicyclic) bond motifs is 1. The van der Waals surface area contributed by atoms with Crippen LogP contribution in [0.25, 0.3) is 10.2 Å². The first kappa shape index (κ1) is 36.1. The van der Waals surface area contributed by atoms with Gasteiger partial charge in [0.2, 0.25) is 0 Å². The lowest BCUT2D eigenvalue weighted by atomic mass is 10.1. The number of nitrogens with zero attached hydrogens (tertiary/aromatic N) is 3. The molecule has 0 spiro atoms. The highest BCUT2D eigenvalue weighted by Crippen LogP contribution is 2.37. The average molecular weight is 718 g/mol. The van der Waals surface area contributed by atoms with Crippen LogP contribution < -0.4 is 15.9 Å². The van der Waals surface area contributed by atoms with Crippen LogP contribution in [0.2, 0.25) is 5.04 Å². The summed E-state index contributed by atoms with van der Waals surface area (Å²) in [6.45, 7) is 10.0. The lowest BCUT2D eigenvalue weighted by molar-refractivity contribution is 0.0570. The molecule has 6 aromatic rings. The molecule has 6 nitrogen and oxygen atoms in total. The smallest absolute Gasteiger partial charge is 0.262 e. The van der Waals surface area contributed by atoms with Gasteiger partial charge in [-0.2, -0.15) is 0 Å². The van der Waals surface area contributed by atoms with Crippen molar-refractivity contribution in [2.45, 2.75) is 58.4 Å². The van der Waals surface area contributed by atoms with E-state index in [2.05, 4.69) is 45.0 Å². The van der Waals surface area contributed by atoms with Crippen molar-refractivity contribution in [2.24, 2.45) is 0 Å². The van der Waals surface area contributed by atoms with Gasteiger partial charge in [-0.3, -0.25) is 14.2 Å². The monoisotopic (exact) mass is 717 g/mol. The number of aryl methyl sites for hydroxylation is 1. The average Bonchev–Trinajstić information content (AvgIpc) is 3.62. The summed E-state index contributed by atoms with van der Waals surface area (Å²) in [5, 5.41) is 4.12. The second-order valence-corrected chi connectivity index (χ2v) is 19.3. The van der Waals surface area contributed by atoms with Crippen LogP contribution in [-0.4, -0.2) is 48.0 Å². The number of alkyl halides is 1. The molecule has 0 fully saturated rings. The molecule has 2 unspecified atom stereocenters. The maximum Gasteiger partial charge on any atom is 0.262 e. The van der Waals surface area contributed by atoms with Crippen molar-refractivity contribution in [1.82, 2.24) is 14.5 Å². The van der Waals surface area contributed by atoms with E-state index in [-0.39, 0.29) is 36.2 Å². The quantitative estimate of drug-likeness (QED) is 0.121. The Kier molecular flexibility index (Phi) is 10.8. The Morgan fingerprint density at radius 1 is 0.882 bits per heavy atom. The molecule has 2 atom stereocenters. The SMILES string of the molecule is Cc1ccc(C(=O)N(CC(F)CO[Si](c2ccccc2)(c2ccccc2)C(C)(C)C)C(C)c2nc3sccc3c(=O)n2Cc2ccccc2)cc1. The molecule has 2 heterocycles. The number of hydrogen-bond acceptors (Lipinski definition) is 5. The number of aromatic nitrogens is 2. The highest BCUT2D eigenvalue weighted by atomic mass is 32.1. The molecule has 0 N–H and O–H groups in total. The van der Waals surface area contributed by atoms with Crippen LogP contribution in [0.4, 0.5) is 4.39 Å². The molecule has 1 amide bonds. The van der Waals surface area contributed by atoms with E-state index in [0.717, 1.165) is 21.5 Å². The van der Waals surface area contributed by atoms with E-state index in [1.165, 1.54) is 16.2 Å². The molecule has 262 valence electrons. The summed E-state index contributed by atoms with van der Waals surface area (Å²) in [6.07, 6.45) is -1.54. The number of rotatable bonds is 12. The largest absolute Gasteiger partial charge is 0.404 e. The normalized spacial score (nSPS) is 13.2. The molecular formula is C42H44FN3O3SSi. The van der Waals surface area contributed by atoms with Crippen LogP contribution in [0.1, 0.15) is 61.0 Å². The first-order valence-electron chi connectivity index (χ1n) is 17.3. The van der Waals surface area contributed by atoms with E-state index in [4.69, 9.17) is 9.41 Å². The van der Waals surface area contributed by atoms with Gasteiger partial charge in [-0.1, -0.05) is 129 Å². The van der Waals surface area contributed by atoms with Crippen molar-refractivity contribution in [3.05, 3.63) is 160 Å². The van der Waals surface area contributed by atoms with Crippen LogP contribution in [-0.2, 0) is 11.0 Å². The molecule has 0 radical (unpaired) electrons. The summed E-state index contributed by atoms with van der Waals surface area (Å²) in [5.41, 5.74) is 2.17. The Bertz CT molecular complexity index is 2090. The zero-order valence-electron chi connectivity index (χ0n) is 29.8. The molecule has 4 aromatic carbocycles. The molecule has 51 heavy (non-hydrogen) atoms. The molecule has 0 aliphatic rings. The lowest BCUT2D eigenvalue weighted by Crippen LogP contribution is -2.67. The molecular weight excluding hydrogens is 674 g/mol. The van der Waals surface area contributed by atoms with Gasteiger partial charge >= 0.3 is 0 Å². The third-order valence-electron chi connectivity index (χ3n) is 9.49. The zero-order valence-corrected chi connectivity index (χ0v) is 31.6. The third kappa shape index (κ3) is 7.52. The first-order chi connectivity index (χ1) is 24.5. The van der Waals surface area contributed by atoms with Crippen LogP contribution in [0, 0.1) is 6.92 Å². The van der Waals surface area contributed by atoms with E-state index in [0.29, 0.717) is 21.6 Å². The fraction of sp³-hybridized carbons (Fsp3) is 0.262. The fourth-order valence-corrected chi connectivity index (χ4v) is 12.2. The van der Waals surface area contributed by atoms with Gasteiger partial charge in [0.15, 0.2) is 0 Å². The minimum atomic E-state index is -3.03. The lowest BCUT2D eigenvalue weighted by Gasteiger charge is -2.43. The van der Waals surface area contributed by atoms with Gasteiger partial charge in [0, 0.05) is 5.56 Å². The minimum Gasteiger partial charge on any atom is -0.404 e. The molecule has 0 saturated heterocycles. The van der Waals surface area contributed by atoms with Crippen molar-refractivity contribution in [3.8, 4) is 0 Å². The van der Waals surface area contributed by atoms with Crippen molar-refractivity contribution < 1.29 is 13.6 Å². The first-order valence-corrected chi connectivity index (χ1v) is 20.1. The maximum atomic E-state index is 16.8. The van der Waals surface area contributed by atoms with E-state index in [9.17, 15) is 9.59 Å². The summed E-state index contributed by atoms with van der Waals surface area (Å²) < 4.78 is 25.3. The second-order valence-electron chi connectivity index (χ2n) is 14.1. The number of carbonyl (C=O) groups excluding carboxylic acids is 1. The summed E-state index contributed by atoms with van der Waals surface area (Å²) in [6, 6.07) is 38.2. The van der Waals surface area contributed by atoms with E-state index >= 15 is 4.39 Å². The predicted octanol–water partition coefficient (Wildman–Crippen LogP) is 7.93. The fourth-order valence-electron chi connectivity index (χ4n) is 6.86. The summed E-state index contributed by atoms with van der Waals surface area (Å²) >= 11 is 1.37. The van der Waals surface area contributed by atoms with Gasteiger partial charge in [-0.15, -0.1) is 11.3 Å². The molecule has 0 aliphatic heterocycles. The highest BCUT2D eigenvalue weighted by Gasteiger charge is 2.50. The molecule has 0 saturated carbocycles. The Morgan fingerprint density at radius 3 is 2.02 bits per heavy atom. The Balaban J connectivity index is 1.39. The zero-order chi connectivity index (χ0) is 36.2. The summed E-state index contributed by atoms with van der Waals surface area (Å²) in [7, 11) is -3.03. The number of amides is 1. The van der Waals surface area contributed by atoms with E-state index in [1.54, 1.807) is 22.8 Å². The van der Waals surface area contributed by atoms with Crippen LogP contribution in [0.5, 0.6) is 0 Å². The van der Waals surface area contributed by atoms with Gasteiger partial charge in [0.05, 0.1) is 31.1 Å². The Hall–Kier alpha value is -4.70. The summed E-state index contributed by atoms with van der Waals surface area (Å²) in [4.78, 5) is 35.4. The topological polar surface area (TPSA) is 64.4 Å². The van der Waals surface area contributed by atoms with Crippen molar-refractivity contribution >= 4 is 46.2 Å². The van der Waals surface area contributed by atoms with Gasteiger partial charge in [-0.25, -0.2) is 9.37 Å². The Morgan fingerprint density at radius 2 is 1.45 bits per heavy atom. The Labute approximate surface area is 304 Å². The van der Waals surface area contributed by atoms with Crippen molar-refractivity contribution in [1.29, 1.82) is 0 Å². The van der Waals surface area contributed by atoms with E-state index < -0.39 is 20.5 Å². The molecule has 0 aliphatic carbocycles. The van der Waals surface area contributed by atoms with Crippen molar-refractivity contribution in [2.75, 3.05) is 13.2 Å². The number of benzene rings is 4. The van der Waals surface area contributed by atoms with Gasteiger partial charge < -0.3 is 9.33 Å². The molecule has 2 aromatic heterocycles. The van der Waals surface area contributed by atoms with Gasteiger partial charge in [-0.05, 0) is 58.4 Å². The maximum absolute atomic E-state index is 16.8. The minimum absolute atomic E-state index is 0.193. The predicted molar refractivity (Wildman–Crippen MR) is 209 cm³/mol. The van der Waals surface area contributed by atoms with Crippen molar-refractivity contribution in [3.63, 3.8) is 0 Å². The number of halogens is 1. The molecule has 0 bridgehead atoms. The van der Waals surface area contributed by atoms with Crippen LogP contribution in [0.3, 0.4) is 0 Å². The molecule has 6 rings (SSSR count). The standard InChI is InChI=1S/C42H44FN3O3SSi/c1-30-21-23-33(24-22-30)40(47)45(31(2)38-44-39-37(25-26-50-39)41(48)46(38)27-32-15-9-6-10-16-32)28-34(43)29-49-51(42(3,4)5,35-17-11-7-12-18-35)36-19-13-8-14-20-36/h6-26,31,34H,27-29H2,1-5H3. The number of carbonyl (C=O) groups is 1. The second kappa shape index (κ2) is 15.3. The van der Waals surface area contributed by atoms with Gasteiger partial charge in [0.1, 0.15) is 16.8 Å². The highest BCUT2D eigenvalue weighted by molar-refractivity contribution is 7.16. The number of hydrogen-bond donors (Lipinski definition) is 0. The molecule has 9 heteroatoms. The van der Waals surface area contributed by atoms with E-state index in [1.807, 2.05) is 98.1 Å².